The molecule has 0 aliphatic carbocycles. The number of hydrogen-bond donors (Lipinski definition) is 1. The lowest BCUT2D eigenvalue weighted by Gasteiger charge is -2.02. The number of methoxy groups -OCH3 is 1. The second-order valence-corrected chi connectivity index (χ2v) is 4.13. The Bertz CT molecular complexity index is 523. The molecule has 1 aromatic heterocycles. The van der Waals surface area contributed by atoms with Gasteiger partial charge >= 0.3 is 0 Å². The van der Waals surface area contributed by atoms with Crippen LogP contribution >= 0.6 is 0 Å². The van der Waals surface area contributed by atoms with Gasteiger partial charge in [-0.1, -0.05) is 11.2 Å². The molecule has 0 radical (unpaired) electrons. The van der Waals surface area contributed by atoms with Gasteiger partial charge in [-0.3, -0.25) is 0 Å². The van der Waals surface area contributed by atoms with Crippen molar-refractivity contribution in [1.29, 1.82) is 0 Å². The van der Waals surface area contributed by atoms with Crippen molar-refractivity contribution in [2.75, 3.05) is 19.5 Å². The van der Waals surface area contributed by atoms with Crippen LogP contribution in [0.1, 0.15) is 17.8 Å². The van der Waals surface area contributed by atoms with Crippen LogP contribution in [-0.2, 0) is 11.2 Å². The molecule has 0 saturated heterocycles. The maximum absolute atomic E-state index is 5.86. The molecular weight excluding hydrogens is 230 g/mol. The molecule has 0 bridgehead atoms. The zero-order valence-electron chi connectivity index (χ0n) is 10.6. The minimum Gasteiger partial charge on any atom is -0.398 e. The molecule has 2 rings (SSSR count). The lowest BCUT2D eigenvalue weighted by molar-refractivity contribution is 0.194. The van der Waals surface area contributed by atoms with Gasteiger partial charge < -0.3 is 15.0 Å². The Kier molecular flexibility index (Phi) is 3.94. The molecule has 0 spiro atoms. The van der Waals surface area contributed by atoms with Crippen LogP contribution in [0.2, 0.25) is 0 Å². The fraction of sp³-hybridized carbons (Fsp3) is 0.385. The number of aryl methyl sites for hydroxylation is 1. The Hall–Kier alpha value is -1.88. The highest BCUT2D eigenvalue weighted by Gasteiger charge is 2.12. The number of nitrogens with zero attached hydrogens (tertiary/aromatic N) is 2. The van der Waals surface area contributed by atoms with Crippen molar-refractivity contribution < 1.29 is 9.26 Å². The molecule has 2 N–H and O–H groups in total. The normalized spacial score (nSPS) is 10.8. The van der Waals surface area contributed by atoms with Gasteiger partial charge in [-0.25, -0.2) is 0 Å². The first-order chi connectivity index (χ1) is 8.72. The van der Waals surface area contributed by atoms with Crippen molar-refractivity contribution >= 4 is 5.69 Å². The largest absolute Gasteiger partial charge is 0.398 e. The summed E-state index contributed by atoms with van der Waals surface area (Å²) in [6, 6.07) is 5.67. The molecule has 1 heterocycles. The number of rotatable bonds is 5. The van der Waals surface area contributed by atoms with Crippen LogP contribution < -0.4 is 5.73 Å². The van der Waals surface area contributed by atoms with Crippen LogP contribution in [0, 0.1) is 6.92 Å². The maximum Gasteiger partial charge on any atom is 0.258 e. The van der Waals surface area contributed by atoms with Crippen LogP contribution in [0.15, 0.2) is 22.7 Å². The Morgan fingerprint density at radius 2 is 2.22 bits per heavy atom. The Labute approximate surface area is 106 Å². The molecule has 5 heteroatoms. The van der Waals surface area contributed by atoms with Gasteiger partial charge in [-0.05, 0) is 31.0 Å². The summed E-state index contributed by atoms with van der Waals surface area (Å²) in [5, 5.41) is 3.95. The highest BCUT2D eigenvalue weighted by atomic mass is 16.5. The summed E-state index contributed by atoms with van der Waals surface area (Å²) in [5.74, 6) is 1.22. The average Bonchev–Trinajstić information content (AvgIpc) is 2.82. The third-order valence-corrected chi connectivity index (χ3v) is 2.82. The van der Waals surface area contributed by atoms with Gasteiger partial charge in [0, 0.05) is 31.4 Å². The fourth-order valence-corrected chi connectivity index (χ4v) is 1.72. The van der Waals surface area contributed by atoms with E-state index in [1.807, 2.05) is 25.1 Å². The summed E-state index contributed by atoms with van der Waals surface area (Å²) in [6.07, 6.45) is 1.63. The number of aromatic nitrogens is 2. The predicted octanol–water partition coefficient (Wildman–Crippen LogP) is 2.21. The van der Waals surface area contributed by atoms with E-state index in [2.05, 4.69) is 10.1 Å². The highest BCUT2D eigenvalue weighted by molar-refractivity contribution is 5.66. The Balaban J connectivity index is 2.16. The van der Waals surface area contributed by atoms with Crippen LogP contribution in [0.3, 0.4) is 0 Å². The quantitative estimate of drug-likeness (QED) is 0.647. The van der Waals surface area contributed by atoms with E-state index in [-0.39, 0.29) is 0 Å². The standard InChI is InChI=1S/C13H17N3O2/c1-9-10(5-3-6-11(9)14)13-15-12(16-18-13)7-4-8-17-2/h3,5-6H,4,7-8,14H2,1-2H3. The van der Waals surface area contributed by atoms with E-state index in [4.69, 9.17) is 15.0 Å². The fourth-order valence-electron chi connectivity index (χ4n) is 1.72. The van der Waals surface area contributed by atoms with Crippen molar-refractivity contribution in [2.24, 2.45) is 0 Å². The molecule has 5 nitrogen and oxygen atoms in total. The molecule has 0 aliphatic rings. The van der Waals surface area contributed by atoms with Crippen LogP contribution in [0.25, 0.3) is 11.5 Å². The third kappa shape index (κ3) is 2.68. The van der Waals surface area contributed by atoms with E-state index in [1.165, 1.54) is 0 Å². The highest BCUT2D eigenvalue weighted by Crippen LogP contribution is 2.25. The lowest BCUT2D eigenvalue weighted by atomic mass is 10.1. The van der Waals surface area contributed by atoms with Gasteiger partial charge in [0.1, 0.15) is 0 Å². The van der Waals surface area contributed by atoms with Gasteiger partial charge in [0.15, 0.2) is 5.82 Å². The average molecular weight is 247 g/mol. The zero-order valence-corrected chi connectivity index (χ0v) is 10.6. The van der Waals surface area contributed by atoms with E-state index in [0.29, 0.717) is 18.3 Å². The summed E-state index contributed by atoms with van der Waals surface area (Å²) < 4.78 is 10.2. The molecule has 0 amide bonds. The van der Waals surface area contributed by atoms with Crippen molar-refractivity contribution in [3.63, 3.8) is 0 Å². The Morgan fingerprint density at radius 3 is 3.00 bits per heavy atom. The van der Waals surface area contributed by atoms with Gasteiger partial charge in [0.25, 0.3) is 5.89 Å². The molecule has 0 unspecified atom stereocenters. The first-order valence-corrected chi connectivity index (χ1v) is 5.89. The van der Waals surface area contributed by atoms with E-state index >= 15 is 0 Å². The van der Waals surface area contributed by atoms with Gasteiger partial charge in [-0.2, -0.15) is 4.98 Å². The summed E-state index contributed by atoms with van der Waals surface area (Å²) in [4.78, 5) is 4.37. The van der Waals surface area contributed by atoms with Crippen LogP contribution in [0.4, 0.5) is 5.69 Å². The van der Waals surface area contributed by atoms with Crippen LogP contribution in [0.5, 0.6) is 0 Å². The molecule has 0 aliphatic heterocycles. The van der Waals surface area contributed by atoms with Crippen molar-refractivity contribution in [3.05, 3.63) is 29.6 Å². The third-order valence-electron chi connectivity index (χ3n) is 2.82. The summed E-state index contributed by atoms with van der Waals surface area (Å²) >= 11 is 0. The molecule has 0 fully saturated rings. The molecule has 18 heavy (non-hydrogen) atoms. The van der Waals surface area contributed by atoms with E-state index in [0.717, 1.165) is 29.7 Å². The predicted molar refractivity (Wildman–Crippen MR) is 69.1 cm³/mol. The number of benzene rings is 1. The first-order valence-electron chi connectivity index (χ1n) is 5.89. The summed E-state index contributed by atoms with van der Waals surface area (Å²) in [6.45, 7) is 2.64. The van der Waals surface area contributed by atoms with E-state index in [9.17, 15) is 0 Å². The van der Waals surface area contributed by atoms with E-state index in [1.54, 1.807) is 7.11 Å². The minimum absolute atomic E-state index is 0.521. The summed E-state index contributed by atoms with van der Waals surface area (Å²) in [5.41, 5.74) is 8.44. The first kappa shape index (κ1) is 12.6. The SMILES string of the molecule is COCCCc1noc(-c2cccc(N)c2C)n1. The number of nitrogens with two attached hydrogens (primary N) is 1. The van der Waals surface area contributed by atoms with Crippen LogP contribution in [-0.4, -0.2) is 23.9 Å². The second-order valence-electron chi connectivity index (χ2n) is 4.13. The topological polar surface area (TPSA) is 74.2 Å². The maximum atomic E-state index is 5.86. The Morgan fingerprint density at radius 1 is 1.39 bits per heavy atom. The molecular formula is C13H17N3O2. The van der Waals surface area contributed by atoms with Crippen molar-refractivity contribution in [1.82, 2.24) is 10.1 Å². The minimum atomic E-state index is 0.521. The molecule has 1 aromatic carbocycles. The number of nitrogen functional groups attached to an aromatic ring is 1. The van der Waals surface area contributed by atoms with Gasteiger partial charge in [0.05, 0.1) is 0 Å². The van der Waals surface area contributed by atoms with Gasteiger partial charge in [-0.15, -0.1) is 0 Å². The smallest absolute Gasteiger partial charge is 0.258 e. The summed E-state index contributed by atoms with van der Waals surface area (Å²) in [7, 11) is 1.68. The molecule has 0 saturated carbocycles. The van der Waals surface area contributed by atoms with E-state index < -0.39 is 0 Å². The number of anilines is 1. The number of ether oxygens (including phenoxy) is 1. The molecule has 0 atom stereocenters. The van der Waals surface area contributed by atoms with Gasteiger partial charge in [0.2, 0.25) is 0 Å². The lowest BCUT2D eigenvalue weighted by Crippen LogP contribution is -1.95. The van der Waals surface area contributed by atoms with Crippen molar-refractivity contribution in [2.45, 2.75) is 19.8 Å². The molecule has 2 aromatic rings. The monoisotopic (exact) mass is 247 g/mol. The number of hydrogen-bond acceptors (Lipinski definition) is 5. The zero-order chi connectivity index (χ0) is 13.0. The second kappa shape index (κ2) is 5.64. The molecule has 96 valence electrons. The van der Waals surface area contributed by atoms with Crippen molar-refractivity contribution in [3.8, 4) is 11.5 Å².